The molecule has 118 valence electrons. The van der Waals surface area contributed by atoms with E-state index in [1.165, 1.54) is 11.3 Å². The minimum Gasteiger partial charge on any atom is -0.397 e. The van der Waals surface area contributed by atoms with Gasteiger partial charge in [-0.25, -0.2) is 0 Å². The standard InChI is InChI=1S/C15H25N3OS2/c1-4-6-17-14(19)13-11(16)10-12(21-13)18-7-5-15(2,3)20-9-8-18/h10H,4-9,16H2,1-3H3,(H,17,19). The van der Waals surface area contributed by atoms with Gasteiger partial charge in [-0.05, 0) is 18.9 Å². The van der Waals surface area contributed by atoms with Crippen molar-refractivity contribution in [3.8, 4) is 0 Å². The van der Waals surface area contributed by atoms with Crippen LogP contribution in [0.5, 0.6) is 0 Å². The molecule has 0 saturated carbocycles. The topological polar surface area (TPSA) is 58.4 Å². The summed E-state index contributed by atoms with van der Waals surface area (Å²) in [7, 11) is 0. The highest BCUT2D eigenvalue weighted by Gasteiger charge is 2.25. The number of carbonyl (C=O) groups excluding carboxylic acids is 1. The van der Waals surface area contributed by atoms with Gasteiger partial charge >= 0.3 is 0 Å². The number of thioether (sulfide) groups is 1. The number of carbonyl (C=O) groups is 1. The zero-order valence-corrected chi connectivity index (χ0v) is 14.7. The van der Waals surface area contributed by atoms with E-state index in [9.17, 15) is 4.79 Å². The zero-order valence-electron chi connectivity index (χ0n) is 13.1. The first kappa shape index (κ1) is 16.5. The molecule has 0 radical (unpaired) electrons. The highest BCUT2D eigenvalue weighted by Crippen LogP contribution is 2.36. The van der Waals surface area contributed by atoms with Crippen molar-refractivity contribution in [3.63, 3.8) is 0 Å². The van der Waals surface area contributed by atoms with Crippen LogP contribution in [0.4, 0.5) is 10.7 Å². The Morgan fingerprint density at radius 2 is 2.24 bits per heavy atom. The van der Waals surface area contributed by atoms with Crippen molar-refractivity contribution < 1.29 is 4.79 Å². The number of nitrogens with two attached hydrogens (primary N) is 1. The SMILES string of the molecule is CCCNC(=O)c1sc(N2CCSC(C)(C)CC2)cc1N. The third-order valence-corrected chi connectivity index (χ3v) is 6.22. The molecule has 2 rings (SSSR count). The molecule has 1 saturated heterocycles. The summed E-state index contributed by atoms with van der Waals surface area (Å²) in [6.45, 7) is 9.38. The molecular formula is C15H25N3OS2. The summed E-state index contributed by atoms with van der Waals surface area (Å²) < 4.78 is 0.332. The predicted octanol–water partition coefficient (Wildman–Crippen LogP) is 3.19. The van der Waals surface area contributed by atoms with Crippen LogP contribution in [0.25, 0.3) is 0 Å². The number of amides is 1. The van der Waals surface area contributed by atoms with Gasteiger partial charge in [0, 0.05) is 30.1 Å². The fourth-order valence-electron chi connectivity index (χ4n) is 2.28. The summed E-state index contributed by atoms with van der Waals surface area (Å²) in [6, 6.07) is 1.95. The number of nitrogens with zero attached hydrogens (tertiary/aromatic N) is 1. The van der Waals surface area contributed by atoms with Crippen molar-refractivity contribution >= 4 is 39.7 Å². The lowest BCUT2D eigenvalue weighted by Gasteiger charge is -2.22. The van der Waals surface area contributed by atoms with Gasteiger partial charge in [0.15, 0.2) is 0 Å². The van der Waals surface area contributed by atoms with Crippen LogP contribution in [-0.4, -0.2) is 36.0 Å². The Balaban J connectivity index is 2.09. The van der Waals surface area contributed by atoms with Gasteiger partial charge < -0.3 is 16.0 Å². The second kappa shape index (κ2) is 6.92. The van der Waals surface area contributed by atoms with E-state index in [4.69, 9.17) is 5.73 Å². The molecule has 21 heavy (non-hydrogen) atoms. The molecule has 1 aromatic heterocycles. The van der Waals surface area contributed by atoms with Crippen LogP contribution in [-0.2, 0) is 0 Å². The Labute approximate surface area is 135 Å². The maximum Gasteiger partial charge on any atom is 0.263 e. The molecule has 1 amide bonds. The quantitative estimate of drug-likeness (QED) is 0.891. The van der Waals surface area contributed by atoms with Crippen LogP contribution in [0.3, 0.4) is 0 Å². The highest BCUT2D eigenvalue weighted by molar-refractivity contribution is 8.00. The third kappa shape index (κ3) is 4.30. The van der Waals surface area contributed by atoms with Crippen LogP contribution in [0.1, 0.15) is 43.3 Å². The summed E-state index contributed by atoms with van der Waals surface area (Å²) in [4.78, 5) is 15.1. The molecule has 1 aliphatic rings. The van der Waals surface area contributed by atoms with E-state index in [2.05, 4.69) is 24.1 Å². The fourth-order valence-corrected chi connectivity index (χ4v) is 4.43. The summed E-state index contributed by atoms with van der Waals surface area (Å²) >= 11 is 3.53. The van der Waals surface area contributed by atoms with Crippen LogP contribution >= 0.6 is 23.1 Å². The number of thiophene rings is 1. The molecule has 1 aromatic rings. The molecule has 0 spiro atoms. The zero-order chi connectivity index (χ0) is 15.5. The summed E-state index contributed by atoms with van der Waals surface area (Å²) in [5.74, 6) is 1.07. The van der Waals surface area contributed by atoms with E-state index in [1.54, 1.807) is 0 Å². The monoisotopic (exact) mass is 327 g/mol. The Morgan fingerprint density at radius 1 is 1.48 bits per heavy atom. The van der Waals surface area contributed by atoms with E-state index in [1.807, 2.05) is 24.8 Å². The first-order valence-electron chi connectivity index (χ1n) is 7.49. The first-order chi connectivity index (χ1) is 9.93. The van der Waals surface area contributed by atoms with Crippen molar-refractivity contribution in [2.75, 3.05) is 36.0 Å². The molecule has 1 fully saturated rings. The molecule has 0 atom stereocenters. The molecule has 4 nitrogen and oxygen atoms in total. The van der Waals surface area contributed by atoms with Crippen LogP contribution in [0.15, 0.2) is 6.07 Å². The molecule has 0 aromatic carbocycles. The lowest BCUT2D eigenvalue weighted by Crippen LogP contribution is -2.26. The second-order valence-corrected chi connectivity index (χ2v) is 8.80. The van der Waals surface area contributed by atoms with Crippen molar-refractivity contribution in [2.24, 2.45) is 0 Å². The van der Waals surface area contributed by atoms with Gasteiger partial charge in [0.05, 0.1) is 10.7 Å². The summed E-state index contributed by atoms with van der Waals surface area (Å²) in [5.41, 5.74) is 6.63. The van der Waals surface area contributed by atoms with Crippen LogP contribution in [0.2, 0.25) is 0 Å². The van der Waals surface area contributed by atoms with Gasteiger partial charge in [-0.1, -0.05) is 20.8 Å². The minimum atomic E-state index is -0.0462. The number of hydrogen-bond donors (Lipinski definition) is 2. The predicted molar refractivity (Wildman–Crippen MR) is 94.7 cm³/mol. The van der Waals surface area contributed by atoms with Gasteiger partial charge in [0.1, 0.15) is 4.88 Å². The van der Waals surface area contributed by atoms with Crippen LogP contribution in [0, 0.1) is 0 Å². The first-order valence-corrected chi connectivity index (χ1v) is 9.29. The van der Waals surface area contributed by atoms with Crippen molar-refractivity contribution in [1.82, 2.24) is 5.32 Å². The molecule has 1 aliphatic heterocycles. The van der Waals surface area contributed by atoms with Gasteiger partial charge in [-0.15, -0.1) is 11.3 Å². The Bertz CT molecular complexity index is 499. The maximum atomic E-state index is 12.1. The molecule has 0 bridgehead atoms. The van der Waals surface area contributed by atoms with Crippen LogP contribution < -0.4 is 16.0 Å². The van der Waals surface area contributed by atoms with E-state index in [0.717, 1.165) is 36.7 Å². The molecule has 3 N–H and O–H groups in total. The third-order valence-electron chi connectivity index (χ3n) is 3.64. The average Bonchev–Trinajstić information content (AvgIpc) is 2.71. The van der Waals surface area contributed by atoms with Crippen molar-refractivity contribution in [1.29, 1.82) is 0 Å². The second-order valence-electron chi connectivity index (χ2n) is 5.97. The molecule has 2 heterocycles. The Kier molecular flexibility index (Phi) is 5.43. The van der Waals surface area contributed by atoms with E-state index < -0.39 is 0 Å². The average molecular weight is 328 g/mol. The number of nitrogen functional groups attached to an aromatic ring is 1. The van der Waals surface area contributed by atoms with E-state index in [-0.39, 0.29) is 5.91 Å². The lowest BCUT2D eigenvalue weighted by atomic mass is 10.1. The smallest absolute Gasteiger partial charge is 0.263 e. The maximum absolute atomic E-state index is 12.1. The van der Waals surface area contributed by atoms with Gasteiger partial charge in [0.2, 0.25) is 0 Å². The van der Waals surface area contributed by atoms with E-state index >= 15 is 0 Å². The summed E-state index contributed by atoms with van der Waals surface area (Å²) in [5, 5.41) is 4.02. The number of rotatable bonds is 4. The van der Waals surface area contributed by atoms with Gasteiger partial charge in [-0.3, -0.25) is 4.79 Å². The number of hydrogen-bond acceptors (Lipinski definition) is 5. The normalized spacial score (nSPS) is 18.3. The lowest BCUT2D eigenvalue weighted by molar-refractivity contribution is 0.0958. The molecular weight excluding hydrogens is 302 g/mol. The largest absolute Gasteiger partial charge is 0.397 e. The number of nitrogens with one attached hydrogen (secondary N) is 1. The Hall–Kier alpha value is -0.880. The van der Waals surface area contributed by atoms with Gasteiger partial charge in [-0.2, -0.15) is 11.8 Å². The van der Waals surface area contributed by atoms with Crippen molar-refractivity contribution in [2.45, 2.75) is 38.4 Å². The van der Waals surface area contributed by atoms with Crippen molar-refractivity contribution in [3.05, 3.63) is 10.9 Å². The minimum absolute atomic E-state index is 0.0462. The summed E-state index contributed by atoms with van der Waals surface area (Å²) in [6.07, 6.45) is 2.08. The van der Waals surface area contributed by atoms with E-state index in [0.29, 0.717) is 21.9 Å². The van der Waals surface area contributed by atoms with Gasteiger partial charge in [0.25, 0.3) is 5.91 Å². The number of anilines is 2. The highest BCUT2D eigenvalue weighted by atomic mass is 32.2. The molecule has 6 heteroatoms. The Morgan fingerprint density at radius 3 is 2.95 bits per heavy atom. The fraction of sp³-hybridized carbons (Fsp3) is 0.667. The molecule has 0 unspecified atom stereocenters. The molecule has 0 aliphatic carbocycles.